The van der Waals surface area contributed by atoms with Crippen molar-refractivity contribution < 1.29 is 14.2 Å². The van der Waals surface area contributed by atoms with E-state index in [1.165, 1.54) is 57.4 Å². The predicted octanol–water partition coefficient (Wildman–Crippen LogP) is 3.71. The Morgan fingerprint density at radius 2 is 1.80 bits per heavy atom. The molecular formula is C25H40N2O3. The van der Waals surface area contributed by atoms with Crippen molar-refractivity contribution in [1.29, 1.82) is 0 Å². The molecule has 3 aliphatic heterocycles. The quantitative estimate of drug-likeness (QED) is 0.543. The molecule has 0 spiro atoms. The summed E-state index contributed by atoms with van der Waals surface area (Å²) in [7, 11) is 1.82. The minimum Gasteiger partial charge on any atom is -0.494 e. The number of methoxy groups -OCH3 is 1. The maximum atomic E-state index is 6.05. The van der Waals surface area contributed by atoms with Crippen molar-refractivity contribution >= 4 is 0 Å². The highest BCUT2D eigenvalue weighted by molar-refractivity contribution is 5.33. The molecule has 0 aromatic heterocycles. The molecule has 1 atom stereocenters. The molecular weight excluding hydrogens is 376 g/mol. The van der Waals surface area contributed by atoms with Crippen LogP contribution in [0, 0.1) is 0 Å². The van der Waals surface area contributed by atoms with Crippen LogP contribution in [0.5, 0.6) is 5.75 Å². The number of likely N-dealkylation sites (tertiary alicyclic amines) is 2. The van der Waals surface area contributed by atoms with E-state index < -0.39 is 0 Å². The molecule has 0 radical (unpaired) electrons. The third kappa shape index (κ3) is 5.56. The maximum absolute atomic E-state index is 6.05. The van der Waals surface area contributed by atoms with E-state index in [1.807, 2.05) is 7.11 Å². The van der Waals surface area contributed by atoms with Crippen LogP contribution in [0.2, 0.25) is 0 Å². The third-order valence-electron chi connectivity index (χ3n) is 7.37. The van der Waals surface area contributed by atoms with Gasteiger partial charge in [-0.3, -0.25) is 4.90 Å². The van der Waals surface area contributed by atoms with Crippen molar-refractivity contribution in [3.8, 4) is 5.75 Å². The lowest BCUT2D eigenvalue weighted by Crippen LogP contribution is -2.47. The van der Waals surface area contributed by atoms with E-state index in [4.69, 9.17) is 14.2 Å². The minimum absolute atomic E-state index is 0.183. The molecule has 168 valence electrons. The number of rotatable bonds is 10. The normalized spacial score (nSPS) is 25.0. The highest BCUT2D eigenvalue weighted by Crippen LogP contribution is 2.38. The predicted molar refractivity (Wildman–Crippen MR) is 120 cm³/mol. The van der Waals surface area contributed by atoms with Gasteiger partial charge in [-0.15, -0.1) is 0 Å². The Bertz CT molecular complexity index is 624. The van der Waals surface area contributed by atoms with E-state index in [0.29, 0.717) is 6.04 Å². The zero-order valence-electron chi connectivity index (χ0n) is 18.8. The number of nitrogens with zero attached hydrogens (tertiary/aromatic N) is 2. The average Bonchev–Trinajstić information content (AvgIpc) is 3.45. The van der Waals surface area contributed by atoms with Crippen LogP contribution in [0.1, 0.15) is 50.5 Å². The monoisotopic (exact) mass is 416 g/mol. The molecule has 4 rings (SSSR count). The molecule has 3 saturated heterocycles. The van der Waals surface area contributed by atoms with Crippen LogP contribution >= 0.6 is 0 Å². The molecule has 3 heterocycles. The number of benzene rings is 1. The summed E-state index contributed by atoms with van der Waals surface area (Å²) in [4.78, 5) is 5.22. The molecule has 1 aromatic rings. The second kappa shape index (κ2) is 10.9. The zero-order chi connectivity index (χ0) is 20.7. The van der Waals surface area contributed by atoms with Gasteiger partial charge in [-0.2, -0.15) is 0 Å². The van der Waals surface area contributed by atoms with Crippen LogP contribution in [0.3, 0.4) is 0 Å². The summed E-state index contributed by atoms with van der Waals surface area (Å²) in [6.07, 6.45) is 8.56. The average molecular weight is 417 g/mol. The molecule has 5 heteroatoms. The fraction of sp³-hybridized carbons (Fsp3) is 0.760. The van der Waals surface area contributed by atoms with E-state index in [2.05, 4.69) is 34.1 Å². The molecule has 3 fully saturated rings. The summed E-state index contributed by atoms with van der Waals surface area (Å²) in [6, 6.07) is 9.54. The Morgan fingerprint density at radius 1 is 1.03 bits per heavy atom. The van der Waals surface area contributed by atoms with Crippen molar-refractivity contribution in [1.82, 2.24) is 9.80 Å². The standard InChI is InChI=1S/C25H40N2O3/c1-28-20-23-6-4-16-27(23)21-25(11-18-29-19-12-25)22-7-9-24(10-8-22)30-17-5-15-26-13-2-3-14-26/h7-10,23H,2-6,11-21H2,1H3/t23-/m1/s1. The number of hydrogen-bond acceptors (Lipinski definition) is 5. The topological polar surface area (TPSA) is 34.2 Å². The van der Waals surface area contributed by atoms with Gasteiger partial charge in [0.15, 0.2) is 0 Å². The van der Waals surface area contributed by atoms with Gasteiger partial charge in [-0.05, 0) is 82.3 Å². The first kappa shape index (κ1) is 22.1. The van der Waals surface area contributed by atoms with Gasteiger partial charge < -0.3 is 19.1 Å². The molecule has 0 amide bonds. The summed E-state index contributed by atoms with van der Waals surface area (Å²) in [5, 5.41) is 0. The van der Waals surface area contributed by atoms with Crippen molar-refractivity contribution in [2.45, 2.75) is 56.4 Å². The largest absolute Gasteiger partial charge is 0.494 e. The lowest BCUT2D eigenvalue weighted by Gasteiger charge is -2.42. The van der Waals surface area contributed by atoms with Gasteiger partial charge in [0.1, 0.15) is 5.75 Å². The summed E-state index contributed by atoms with van der Waals surface area (Å²) < 4.78 is 17.3. The molecule has 30 heavy (non-hydrogen) atoms. The van der Waals surface area contributed by atoms with E-state index in [1.54, 1.807) is 0 Å². The first-order chi connectivity index (χ1) is 14.8. The van der Waals surface area contributed by atoms with E-state index in [9.17, 15) is 0 Å². The lowest BCUT2D eigenvalue weighted by molar-refractivity contribution is 0.0245. The molecule has 0 bridgehead atoms. The molecule has 0 aliphatic carbocycles. The fourth-order valence-electron chi connectivity index (χ4n) is 5.56. The molecule has 5 nitrogen and oxygen atoms in total. The molecule has 1 aromatic carbocycles. The summed E-state index contributed by atoms with van der Waals surface area (Å²) in [5.41, 5.74) is 1.63. The van der Waals surface area contributed by atoms with Crippen molar-refractivity contribution in [3.63, 3.8) is 0 Å². The fourth-order valence-corrected chi connectivity index (χ4v) is 5.56. The van der Waals surface area contributed by atoms with Crippen molar-refractivity contribution in [2.24, 2.45) is 0 Å². The van der Waals surface area contributed by atoms with E-state index >= 15 is 0 Å². The second-order valence-electron chi connectivity index (χ2n) is 9.39. The number of ether oxygens (including phenoxy) is 3. The van der Waals surface area contributed by atoms with Crippen LogP contribution in [0.15, 0.2) is 24.3 Å². The van der Waals surface area contributed by atoms with Crippen LogP contribution in [0.4, 0.5) is 0 Å². The van der Waals surface area contributed by atoms with Gasteiger partial charge in [-0.25, -0.2) is 0 Å². The molecule has 3 aliphatic rings. The minimum atomic E-state index is 0.183. The van der Waals surface area contributed by atoms with Gasteiger partial charge in [-0.1, -0.05) is 12.1 Å². The van der Waals surface area contributed by atoms with Crippen LogP contribution in [-0.4, -0.2) is 82.1 Å². The molecule has 0 N–H and O–H groups in total. The van der Waals surface area contributed by atoms with Crippen LogP contribution < -0.4 is 4.74 Å². The van der Waals surface area contributed by atoms with Crippen molar-refractivity contribution in [3.05, 3.63) is 29.8 Å². The Morgan fingerprint density at radius 3 is 2.53 bits per heavy atom. The molecule has 0 unspecified atom stereocenters. The van der Waals surface area contributed by atoms with Crippen molar-refractivity contribution in [2.75, 3.05) is 66.3 Å². The van der Waals surface area contributed by atoms with E-state index in [0.717, 1.165) is 58.0 Å². The Kier molecular flexibility index (Phi) is 8.05. The highest BCUT2D eigenvalue weighted by atomic mass is 16.5. The zero-order valence-corrected chi connectivity index (χ0v) is 18.8. The van der Waals surface area contributed by atoms with Gasteiger partial charge >= 0.3 is 0 Å². The van der Waals surface area contributed by atoms with Crippen LogP contribution in [-0.2, 0) is 14.9 Å². The van der Waals surface area contributed by atoms with Gasteiger partial charge in [0.2, 0.25) is 0 Å². The lowest BCUT2D eigenvalue weighted by atomic mass is 9.73. The molecule has 0 saturated carbocycles. The first-order valence-corrected chi connectivity index (χ1v) is 12.1. The highest BCUT2D eigenvalue weighted by Gasteiger charge is 2.39. The van der Waals surface area contributed by atoms with Gasteiger partial charge in [0, 0.05) is 44.9 Å². The SMILES string of the molecule is COC[C@H]1CCCN1CC1(c2ccc(OCCCN3CCCC3)cc2)CCOCC1. The van der Waals surface area contributed by atoms with Crippen LogP contribution in [0.25, 0.3) is 0 Å². The Labute approximate surface area is 182 Å². The van der Waals surface area contributed by atoms with E-state index in [-0.39, 0.29) is 5.41 Å². The van der Waals surface area contributed by atoms with Gasteiger partial charge in [0.05, 0.1) is 13.2 Å². The number of hydrogen-bond donors (Lipinski definition) is 0. The summed E-state index contributed by atoms with van der Waals surface area (Å²) in [5.74, 6) is 1.00. The smallest absolute Gasteiger partial charge is 0.119 e. The Hall–Kier alpha value is -1.14. The van der Waals surface area contributed by atoms with Gasteiger partial charge in [0.25, 0.3) is 0 Å². The summed E-state index contributed by atoms with van der Waals surface area (Å²) >= 11 is 0. The maximum Gasteiger partial charge on any atom is 0.119 e. The first-order valence-electron chi connectivity index (χ1n) is 12.1. The third-order valence-corrected chi connectivity index (χ3v) is 7.37. The summed E-state index contributed by atoms with van der Waals surface area (Å²) in [6.45, 7) is 9.37. The second-order valence-corrected chi connectivity index (χ2v) is 9.39. The Balaban J connectivity index is 1.35.